The number of piperidine rings is 1. The minimum absolute atomic E-state index is 0.0123. The van der Waals surface area contributed by atoms with Gasteiger partial charge in [0.25, 0.3) is 37.6 Å². The van der Waals surface area contributed by atoms with E-state index in [1.807, 2.05) is 30.3 Å². The van der Waals surface area contributed by atoms with Crippen molar-refractivity contribution in [1.29, 1.82) is 0 Å². The first-order valence-electron chi connectivity index (χ1n) is 23.1. The number of hydrogen-bond acceptors (Lipinski definition) is 16. The molecule has 73 heavy (non-hydrogen) atoms. The first-order valence-corrected chi connectivity index (χ1v) is 27.1. The molecule has 19 nitrogen and oxygen atoms in total. The van der Waals surface area contributed by atoms with Gasteiger partial charge in [-0.15, -0.1) is 11.8 Å². The van der Waals surface area contributed by atoms with Crippen molar-refractivity contribution in [2.45, 2.75) is 58.0 Å². The van der Waals surface area contributed by atoms with Crippen molar-refractivity contribution in [3.05, 3.63) is 114 Å². The van der Waals surface area contributed by atoms with Crippen LogP contribution in [0.25, 0.3) is 0 Å². The molecule has 0 saturated carbocycles. The SMILES string of the molecule is O=C1CC[C@@H](N2C(=O)c3cccc(NCCOCCOCCC(=O)N4CCN(CC[C@H](CSc5ccccc5)Nc5ccc(S(=O)(=O)NC(=O)c6ccccc6)cc5S(=O)(=O)C(F)(F)F)CC4)c3C2=O)C(=O)N1. The summed E-state index contributed by atoms with van der Waals surface area (Å²) < 4.78 is 108. The number of anilines is 2. The number of sulfone groups is 1. The van der Waals surface area contributed by atoms with Crippen LogP contribution < -0.4 is 20.7 Å². The van der Waals surface area contributed by atoms with E-state index in [1.54, 1.807) is 27.8 Å². The fourth-order valence-electron chi connectivity index (χ4n) is 8.22. The zero-order valence-corrected chi connectivity index (χ0v) is 41.5. The Bertz CT molecular complexity index is 2910. The molecular formula is C48H52F3N7O12S3. The average Bonchev–Trinajstić information content (AvgIpc) is 3.62. The second-order valence-electron chi connectivity index (χ2n) is 17.0. The van der Waals surface area contributed by atoms with Crippen LogP contribution in [0, 0.1) is 0 Å². The molecule has 0 aliphatic carbocycles. The van der Waals surface area contributed by atoms with Crippen LogP contribution in [-0.4, -0.2) is 156 Å². The number of sulfonamides is 1. The van der Waals surface area contributed by atoms with Crippen LogP contribution in [0.3, 0.4) is 0 Å². The zero-order chi connectivity index (χ0) is 52.3. The van der Waals surface area contributed by atoms with Crippen molar-refractivity contribution in [3.63, 3.8) is 0 Å². The number of alkyl halides is 3. The maximum Gasteiger partial charge on any atom is 0.501 e. The van der Waals surface area contributed by atoms with Crippen LogP contribution in [0.4, 0.5) is 24.5 Å². The number of carbonyl (C=O) groups excluding carboxylic acids is 6. The predicted molar refractivity (Wildman–Crippen MR) is 261 cm³/mol. The number of halogens is 3. The fraction of sp³-hybridized carbons (Fsp3) is 0.375. The summed E-state index contributed by atoms with van der Waals surface area (Å²) in [4.78, 5) is 79.5. The van der Waals surface area contributed by atoms with Crippen molar-refractivity contribution in [1.82, 2.24) is 24.7 Å². The van der Waals surface area contributed by atoms with Gasteiger partial charge in [0.1, 0.15) is 10.9 Å². The van der Waals surface area contributed by atoms with Gasteiger partial charge >= 0.3 is 5.51 Å². The highest BCUT2D eigenvalue weighted by Crippen LogP contribution is 2.37. The molecule has 4 aromatic carbocycles. The average molecular weight is 1070 g/mol. The maximum absolute atomic E-state index is 14.1. The number of rotatable bonds is 23. The van der Waals surface area contributed by atoms with Crippen molar-refractivity contribution in [3.8, 4) is 0 Å². The lowest BCUT2D eigenvalue weighted by atomic mass is 10.0. The Morgan fingerprint density at radius 3 is 2.16 bits per heavy atom. The van der Waals surface area contributed by atoms with Crippen LogP contribution in [-0.2, 0) is 43.7 Å². The van der Waals surface area contributed by atoms with Crippen molar-refractivity contribution in [2.24, 2.45) is 0 Å². The van der Waals surface area contributed by atoms with Gasteiger partial charge in [0.05, 0.1) is 54.6 Å². The molecule has 2 atom stereocenters. The Morgan fingerprint density at radius 2 is 1.48 bits per heavy atom. The van der Waals surface area contributed by atoms with Crippen LogP contribution >= 0.6 is 11.8 Å². The molecular weight excluding hydrogens is 1020 g/mol. The van der Waals surface area contributed by atoms with Gasteiger partial charge in [-0.05, 0) is 67.4 Å². The van der Waals surface area contributed by atoms with E-state index in [0.29, 0.717) is 50.9 Å². The molecule has 0 unspecified atom stereocenters. The number of hydrogen-bond donors (Lipinski definition) is 4. The smallest absolute Gasteiger partial charge is 0.382 e. The number of nitrogens with one attached hydrogen (secondary N) is 4. The molecule has 3 heterocycles. The lowest BCUT2D eigenvalue weighted by molar-refractivity contribution is -0.136. The van der Waals surface area contributed by atoms with Gasteiger partial charge in [0.15, 0.2) is 0 Å². The number of benzene rings is 4. The van der Waals surface area contributed by atoms with Crippen molar-refractivity contribution in [2.75, 3.05) is 82.1 Å². The lowest BCUT2D eigenvalue weighted by Crippen LogP contribution is -2.54. The van der Waals surface area contributed by atoms with Crippen LogP contribution in [0.5, 0.6) is 0 Å². The van der Waals surface area contributed by atoms with Crippen molar-refractivity contribution < 1.29 is 68.2 Å². The molecule has 3 aliphatic rings. The van der Waals surface area contributed by atoms with E-state index in [1.165, 1.54) is 42.1 Å². The Balaban J connectivity index is 0.858. The summed E-state index contributed by atoms with van der Waals surface area (Å²) in [6.45, 7) is 3.23. The molecule has 0 radical (unpaired) electrons. The Kier molecular flexibility index (Phi) is 18.0. The summed E-state index contributed by atoms with van der Waals surface area (Å²) in [6, 6.07) is 21.6. The van der Waals surface area contributed by atoms with Crippen LogP contribution in [0.1, 0.15) is 56.8 Å². The number of nitrogens with zero attached hydrogens (tertiary/aromatic N) is 3. The van der Waals surface area contributed by atoms with E-state index in [4.69, 9.17) is 9.47 Å². The van der Waals surface area contributed by atoms with Gasteiger partial charge in [0, 0.05) is 73.6 Å². The number of carbonyl (C=O) groups is 6. The first kappa shape index (κ1) is 54.4. The van der Waals surface area contributed by atoms with Gasteiger partial charge in [-0.25, -0.2) is 21.6 Å². The molecule has 4 aromatic rings. The number of ether oxygens (including phenoxy) is 2. The second kappa shape index (κ2) is 24.1. The van der Waals surface area contributed by atoms with E-state index in [0.717, 1.165) is 21.9 Å². The molecule has 390 valence electrons. The summed E-state index contributed by atoms with van der Waals surface area (Å²) >= 11 is 1.38. The second-order valence-corrected chi connectivity index (χ2v) is 21.6. The van der Waals surface area contributed by atoms with Gasteiger partial charge in [-0.3, -0.25) is 43.9 Å². The van der Waals surface area contributed by atoms with Crippen molar-refractivity contribution >= 4 is 78.4 Å². The van der Waals surface area contributed by atoms with Crippen LogP contribution in [0.15, 0.2) is 112 Å². The Hall–Kier alpha value is -6.38. The van der Waals surface area contributed by atoms with E-state index in [2.05, 4.69) is 20.9 Å². The van der Waals surface area contributed by atoms with E-state index < -0.39 is 82.5 Å². The predicted octanol–water partition coefficient (Wildman–Crippen LogP) is 4.14. The number of amides is 6. The number of fused-ring (bicyclic) bond motifs is 1. The number of thioether (sulfide) groups is 1. The fourth-order valence-corrected chi connectivity index (χ4v) is 11.2. The van der Waals surface area contributed by atoms with E-state index in [9.17, 15) is 58.8 Å². The molecule has 2 saturated heterocycles. The molecule has 25 heteroatoms. The highest BCUT2D eigenvalue weighted by molar-refractivity contribution is 7.99. The Labute approximate surface area is 423 Å². The third-order valence-electron chi connectivity index (χ3n) is 12.1. The molecule has 0 spiro atoms. The summed E-state index contributed by atoms with van der Waals surface area (Å²) in [7, 11) is -10.9. The standard InChI is InChI=1S/C48H52F3N7O12S3/c49-48(50,51)72(65,66)40-30-35(73(67,68)55-44(61)32-8-3-1-4-9-32)14-15-37(40)53-33(31-71-34-10-5-2-6-11-34)18-21-56-22-24-57(25-23-56)42(60)19-26-69-28-29-70-27-20-52-38-13-7-12-36-43(38)47(64)58(46(36)63)39-16-17-41(59)54-45(39)62/h1-15,30,33,39,52-53H,16-29,31H2,(H,55,61)(H,54,59,62)/t33-,39-/m1/s1. The molecule has 0 bridgehead atoms. The van der Waals surface area contributed by atoms with Crippen LogP contribution in [0.2, 0.25) is 0 Å². The van der Waals surface area contributed by atoms with Gasteiger partial charge < -0.3 is 25.0 Å². The maximum atomic E-state index is 14.1. The van der Waals surface area contributed by atoms with Gasteiger partial charge in [0.2, 0.25) is 17.7 Å². The topological polar surface area (TPSA) is 247 Å². The van der Waals surface area contributed by atoms with Gasteiger partial charge in [-0.1, -0.05) is 42.5 Å². The summed E-state index contributed by atoms with van der Waals surface area (Å²) in [5.74, 6) is -3.30. The normalized spacial score (nSPS) is 17.0. The summed E-state index contributed by atoms with van der Waals surface area (Å²) in [5, 5.41) is 8.22. The monoisotopic (exact) mass is 1070 g/mol. The third kappa shape index (κ3) is 13.6. The quantitative estimate of drug-likeness (QED) is 0.0463. The molecule has 4 N–H and O–H groups in total. The molecule has 2 fully saturated rings. The van der Waals surface area contributed by atoms with E-state index in [-0.39, 0.29) is 80.6 Å². The Morgan fingerprint density at radius 1 is 0.795 bits per heavy atom. The minimum Gasteiger partial charge on any atom is -0.382 e. The molecule has 6 amide bonds. The molecule has 7 rings (SSSR count). The largest absolute Gasteiger partial charge is 0.501 e. The zero-order valence-electron chi connectivity index (χ0n) is 39.1. The first-order chi connectivity index (χ1) is 34.8. The number of piperazine rings is 1. The highest BCUT2D eigenvalue weighted by atomic mass is 32.2. The number of imide groups is 2. The minimum atomic E-state index is -6.11. The highest BCUT2D eigenvalue weighted by Gasteiger charge is 2.49. The summed E-state index contributed by atoms with van der Waals surface area (Å²) in [5.41, 5.74) is -5.62. The van der Waals surface area contributed by atoms with Gasteiger partial charge in [-0.2, -0.15) is 13.2 Å². The molecule has 0 aromatic heterocycles. The third-order valence-corrected chi connectivity index (χ3v) is 16.1. The lowest BCUT2D eigenvalue weighted by Gasteiger charge is -2.35. The summed E-state index contributed by atoms with van der Waals surface area (Å²) in [6.07, 6.45) is 0.496. The van der Waals surface area contributed by atoms with E-state index >= 15 is 0 Å². The molecule has 3 aliphatic heterocycles.